The van der Waals surface area contributed by atoms with Crippen molar-refractivity contribution in [1.29, 1.82) is 0 Å². The second-order valence-corrected chi connectivity index (χ2v) is 5.72. The zero-order chi connectivity index (χ0) is 17.1. The third kappa shape index (κ3) is 3.31. The fourth-order valence-electron chi connectivity index (χ4n) is 2.35. The van der Waals surface area contributed by atoms with E-state index < -0.39 is 5.56 Å². The zero-order valence-electron chi connectivity index (χ0n) is 12.9. The highest BCUT2D eigenvalue weighted by atomic mass is 35.5. The van der Waals surface area contributed by atoms with Crippen molar-refractivity contribution in [2.24, 2.45) is 0 Å². The number of nitrogens with zero attached hydrogens (tertiary/aromatic N) is 2. The Morgan fingerprint density at radius 3 is 2.46 bits per heavy atom. The average molecular weight is 344 g/mol. The molecule has 2 aromatic carbocycles. The summed E-state index contributed by atoms with van der Waals surface area (Å²) in [5.74, 6) is -0.295. The normalized spacial score (nSPS) is 12.0. The van der Waals surface area contributed by atoms with Crippen molar-refractivity contribution < 1.29 is 4.39 Å². The topological polar surface area (TPSA) is 46.9 Å². The SMILES string of the molecule is C[C@@H](Nc1cnn(-c2ccccc2)c(=O)c1Cl)c1ccc(F)cc1. The van der Waals surface area contributed by atoms with Gasteiger partial charge in [-0.1, -0.05) is 41.9 Å². The lowest BCUT2D eigenvalue weighted by Crippen LogP contribution is -2.23. The molecule has 0 aliphatic rings. The van der Waals surface area contributed by atoms with Gasteiger partial charge in [-0.05, 0) is 36.8 Å². The second-order valence-electron chi connectivity index (χ2n) is 5.34. The molecule has 0 saturated carbocycles. The molecule has 0 aliphatic carbocycles. The van der Waals surface area contributed by atoms with Crippen LogP contribution in [0.15, 0.2) is 65.6 Å². The monoisotopic (exact) mass is 343 g/mol. The largest absolute Gasteiger partial charge is 0.376 e. The van der Waals surface area contributed by atoms with E-state index in [2.05, 4.69) is 10.4 Å². The van der Waals surface area contributed by atoms with E-state index in [-0.39, 0.29) is 16.9 Å². The van der Waals surface area contributed by atoms with Crippen LogP contribution in [0, 0.1) is 5.82 Å². The van der Waals surface area contributed by atoms with Gasteiger partial charge in [0, 0.05) is 6.04 Å². The number of hydrogen-bond acceptors (Lipinski definition) is 3. The van der Waals surface area contributed by atoms with Crippen molar-refractivity contribution in [3.8, 4) is 5.69 Å². The number of nitrogens with one attached hydrogen (secondary N) is 1. The molecule has 0 unspecified atom stereocenters. The number of aromatic nitrogens is 2. The number of para-hydroxylation sites is 1. The predicted molar refractivity (Wildman–Crippen MR) is 93.3 cm³/mol. The van der Waals surface area contributed by atoms with Crippen LogP contribution in [0.5, 0.6) is 0 Å². The minimum Gasteiger partial charge on any atom is -0.376 e. The van der Waals surface area contributed by atoms with E-state index >= 15 is 0 Å². The first-order chi connectivity index (χ1) is 11.6. The Labute approximate surface area is 143 Å². The van der Waals surface area contributed by atoms with Gasteiger partial charge < -0.3 is 5.32 Å². The maximum absolute atomic E-state index is 13.0. The fourth-order valence-corrected chi connectivity index (χ4v) is 2.54. The highest BCUT2D eigenvalue weighted by Crippen LogP contribution is 2.23. The molecule has 1 atom stereocenters. The Hall–Kier alpha value is -2.66. The van der Waals surface area contributed by atoms with Crippen LogP contribution >= 0.6 is 11.6 Å². The van der Waals surface area contributed by atoms with Crippen molar-refractivity contribution in [2.75, 3.05) is 5.32 Å². The Morgan fingerprint density at radius 2 is 1.79 bits per heavy atom. The third-order valence-electron chi connectivity index (χ3n) is 3.66. The van der Waals surface area contributed by atoms with Crippen LogP contribution in [0.1, 0.15) is 18.5 Å². The van der Waals surface area contributed by atoms with Crippen LogP contribution in [0.2, 0.25) is 5.02 Å². The Kier molecular flexibility index (Phi) is 4.62. The summed E-state index contributed by atoms with van der Waals surface area (Å²) in [5.41, 5.74) is 1.55. The third-order valence-corrected chi connectivity index (χ3v) is 4.03. The van der Waals surface area contributed by atoms with Crippen molar-refractivity contribution >= 4 is 17.3 Å². The molecule has 122 valence electrons. The van der Waals surface area contributed by atoms with Gasteiger partial charge in [-0.3, -0.25) is 4.79 Å². The minimum atomic E-state index is -0.404. The van der Waals surface area contributed by atoms with Crippen molar-refractivity contribution in [3.63, 3.8) is 0 Å². The summed E-state index contributed by atoms with van der Waals surface area (Å²) in [6, 6.07) is 15.0. The van der Waals surface area contributed by atoms with Gasteiger partial charge in [-0.15, -0.1) is 0 Å². The Balaban J connectivity index is 1.89. The van der Waals surface area contributed by atoms with Gasteiger partial charge in [-0.2, -0.15) is 9.78 Å². The molecule has 1 heterocycles. The van der Waals surface area contributed by atoms with E-state index in [4.69, 9.17) is 11.6 Å². The van der Waals surface area contributed by atoms with Crippen LogP contribution < -0.4 is 10.9 Å². The number of benzene rings is 2. The molecule has 3 rings (SSSR count). The van der Waals surface area contributed by atoms with E-state index in [0.717, 1.165) is 5.56 Å². The van der Waals surface area contributed by atoms with Gasteiger partial charge >= 0.3 is 0 Å². The van der Waals surface area contributed by atoms with Crippen LogP contribution in [-0.2, 0) is 0 Å². The number of halogens is 2. The first-order valence-electron chi connectivity index (χ1n) is 7.41. The van der Waals surface area contributed by atoms with E-state index in [9.17, 15) is 9.18 Å². The minimum absolute atomic E-state index is 0.0582. The average Bonchev–Trinajstić information content (AvgIpc) is 2.60. The summed E-state index contributed by atoms with van der Waals surface area (Å²) < 4.78 is 14.3. The summed E-state index contributed by atoms with van der Waals surface area (Å²) in [6.07, 6.45) is 1.51. The summed E-state index contributed by atoms with van der Waals surface area (Å²) in [5, 5.41) is 7.36. The molecule has 3 aromatic rings. The molecule has 0 spiro atoms. The number of hydrogen-bond donors (Lipinski definition) is 1. The molecule has 1 N–H and O–H groups in total. The molecule has 0 saturated heterocycles. The first-order valence-corrected chi connectivity index (χ1v) is 7.79. The Bertz CT molecular complexity index is 894. The molecule has 6 heteroatoms. The van der Waals surface area contributed by atoms with Crippen molar-refractivity contribution in [3.05, 3.63) is 87.6 Å². The summed E-state index contributed by atoms with van der Waals surface area (Å²) >= 11 is 6.21. The maximum Gasteiger partial charge on any atom is 0.292 e. The molecule has 4 nitrogen and oxygen atoms in total. The van der Waals surface area contributed by atoms with Crippen LogP contribution in [0.25, 0.3) is 5.69 Å². The molecule has 0 aliphatic heterocycles. The maximum atomic E-state index is 13.0. The molecule has 1 aromatic heterocycles. The molecular weight excluding hydrogens is 329 g/mol. The molecule has 0 fully saturated rings. The predicted octanol–water partition coefficient (Wildman–Crippen LogP) is 4.20. The van der Waals surface area contributed by atoms with Crippen LogP contribution in [0.3, 0.4) is 0 Å². The van der Waals surface area contributed by atoms with Gasteiger partial charge in [0.2, 0.25) is 0 Å². The van der Waals surface area contributed by atoms with E-state index in [1.165, 1.54) is 23.0 Å². The van der Waals surface area contributed by atoms with Gasteiger partial charge in [-0.25, -0.2) is 4.39 Å². The lowest BCUT2D eigenvalue weighted by Gasteiger charge is -2.17. The summed E-state index contributed by atoms with van der Waals surface area (Å²) in [7, 11) is 0. The molecule has 0 radical (unpaired) electrons. The van der Waals surface area contributed by atoms with E-state index in [0.29, 0.717) is 11.4 Å². The van der Waals surface area contributed by atoms with Crippen molar-refractivity contribution in [2.45, 2.75) is 13.0 Å². The lowest BCUT2D eigenvalue weighted by molar-refractivity contribution is 0.626. The second kappa shape index (κ2) is 6.84. The van der Waals surface area contributed by atoms with Crippen molar-refractivity contribution in [1.82, 2.24) is 9.78 Å². The van der Waals surface area contributed by atoms with Crippen LogP contribution in [-0.4, -0.2) is 9.78 Å². The molecular formula is C18H15ClFN3O. The fraction of sp³-hybridized carbons (Fsp3) is 0.111. The molecule has 0 amide bonds. The smallest absolute Gasteiger partial charge is 0.292 e. The quantitative estimate of drug-likeness (QED) is 0.772. The number of anilines is 1. The standard InChI is InChI=1S/C18H15ClFN3O/c1-12(13-7-9-14(20)10-8-13)22-16-11-21-23(18(24)17(16)19)15-5-3-2-4-6-15/h2-12,22H,1H3/t12-/m1/s1. The highest BCUT2D eigenvalue weighted by molar-refractivity contribution is 6.32. The number of rotatable bonds is 4. The van der Waals surface area contributed by atoms with Gasteiger partial charge in [0.05, 0.1) is 17.6 Å². The van der Waals surface area contributed by atoms with Gasteiger partial charge in [0.25, 0.3) is 5.56 Å². The Morgan fingerprint density at radius 1 is 1.12 bits per heavy atom. The first kappa shape index (κ1) is 16.2. The van der Waals surface area contributed by atoms with E-state index in [1.807, 2.05) is 25.1 Å². The lowest BCUT2D eigenvalue weighted by atomic mass is 10.1. The zero-order valence-corrected chi connectivity index (χ0v) is 13.7. The summed E-state index contributed by atoms with van der Waals surface area (Å²) in [4.78, 5) is 12.4. The van der Waals surface area contributed by atoms with Crippen LogP contribution in [0.4, 0.5) is 10.1 Å². The van der Waals surface area contributed by atoms with Gasteiger partial charge in [0.15, 0.2) is 0 Å². The van der Waals surface area contributed by atoms with E-state index in [1.54, 1.807) is 24.3 Å². The highest BCUT2D eigenvalue weighted by Gasteiger charge is 2.13. The summed E-state index contributed by atoms with van der Waals surface area (Å²) in [6.45, 7) is 1.90. The molecule has 0 bridgehead atoms. The molecule has 24 heavy (non-hydrogen) atoms. The van der Waals surface area contributed by atoms with Gasteiger partial charge in [0.1, 0.15) is 10.8 Å².